The van der Waals surface area contributed by atoms with Crippen molar-refractivity contribution in [3.8, 4) is 0 Å². The number of aryl methyl sites for hydroxylation is 2. The van der Waals surface area contributed by atoms with Crippen LogP contribution < -0.4 is 10.2 Å². The van der Waals surface area contributed by atoms with Crippen molar-refractivity contribution >= 4 is 29.2 Å². The molecule has 0 aliphatic heterocycles. The molecule has 136 valence electrons. The molecule has 0 bridgehead atoms. The van der Waals surface area contributed by atoms with Gasteiger partial charge >= 0.3 is 5.97 Å². The van der Waals surface area contributed by atoms with Gasteiger partial charge in [0.25, 0.3) is 0 Å². The second-order valence-electron chi connectivity index (χ2n) is 6.07. The average molecular weight is 354 g/mol. The Morgan fingerprint density at radius 3 is 2.27 bits per heavy atom. The number of anilines is 2. The lowest BCUT2D eigenvalue weighted by atomic mass is 10.1. The third kappa shape index (κ3) is 4.92. The fourth-order valence-corrected chi connectivity index (χ4v) is 2.68. The van der Waals surface area contributed by atoms with Gasteiger partial charge in [-0.05, 0) is 55.3 Å². The summed E-state index contributed by atoms with van der Waals surface area (Å²) in [4.78, 5) is 37.4. The monoisotopic (exact) mass is 354 g/mol. The number of rotatable bonds is 5. The van der Waals surface area contributed by atoms with E-state index >= 15 is 0 Å². The Bertz CT molecular complexity index is 825. The Balaban J connectivity index is 2.16. The molecule has 2 aromatic carbocycles. The van der Waals surface area contributed by atoms with Crippen LogP contribution in [-0.4, -0.2) is 31.4 Å². The molecule has 0 saturated heterocycles. The number of ether oxygens (including phenoxy) is 1. The number of hydrogen-bond acceptors (Lipinski definition) is 4. The fourth-order valence-electron chi connectivity index (χ4n) is 2.68. The van der Waals surface area contributed by atoms with E-state index < -0.39 is 5.97 Å². The van der Waals surface area contributed by atoms with Gasteiger partial charge in [-0.3, -0.25) is 9.59 Å². The summed E-state index contributed by atoms with van der Waals surface area (Å²) in [6.07, 6.45) is 0. The second-order valence-corrected chi connectivity index (χ2v) is 6.07. The molecule has 0 fully saturated rings. The van der Waals surface area contributed by atoms with Gasteiger partial charge in [0.05, 0.1) is 12.7 Å². The van der Waals surface area contributed by atoms with E-state index in [0.717, 1.165) is 11.1 Å². The molecule has 0 aromatic heterocycles. The largest absolute Gasteiger partial charge is 0.465 e. The van der Waals surface area contributed by atoms with Crippen LogP contribution in [0.15, 0.2) is 42.5 Å². The van der Waals surface area contributed by atoms with Crippen LogP contribution in [0.25, 0.3) is 0 Å². The smallest absolute Gasteiger partial charge is 0.337 e. The van der Waals surface area contributed by atoms with Gasteiger partial charge in [0.1, 0.15) is 6.54 Å². The van der Waals surface area contributed by atoms with E-state index in [-0.39, 0.29) is 18.4 Å². The summed E-state index contributed by atoms with van der Waals surface area (Å²) in [5, 5.41) is 2.71. The molecule has 2 rings (SSSR count). The van der Waals surface area contributed by atoms with Crippen molar-refractivity contribution in [1.82, 2.24) is 0 Å². The van der Waals surface area contributed by atoms with Crippen LogP contribution in [-0.2, 0) is 14.3 Å². The van der Waals surface area contributed by atoms with Crippen LogP contribution >= 0.6 is 0 Å². The zero-order valence-electron chi connectivity index (χ0n) is 15.3. The Morgan fingerprint density at radius 2 is 1.69 bits per heavy atom. The van der Waals surface area contributed by atoms with Crippen molar-refractivity contribution in [2.24, 2.45) is 0 Å². The van der Waals surface area contributed by atoms with Gasteiger partial charge in [0.2, 0.25) is 11.8 Å². The summed E-state index contributed by atoms with van der Waals surface area (Å²) in [5.41, 5.74) is 3.49. The molecule has 2 amide bonds. The van der Waals surface area contributed by atoms with E-state index in [0.29, 0.717) is 16.9 Å². The summed E-state index contributed by atoms with van der Waals surface area (Å²) in [7, 11) is 1.29. The van der Waals surface area contributed by atoms with E-state index in [1.807, 2.05) is 32.0 Å². The average Bonchev–Trinajstić information content (AvgIpc) is 2.58. The highest BCUT2D eigenvalue weighted by atomic mass is 16.5. The Morgan fingerprint density at radius 1 is 1.04 bits per heavy atom. The minimum absolute atomic E-state index is 0.124. The summed E-state index contributed by atoms with van der Waals surface area (Å²) in [6.45, 7) is 5.17. The Kier molecular flexibility index (Phi) is 6.11. The van der Waals surface area contributed by atoms with Crippen molar-refractivity contribution in [3.63, 3.8) is 0 Å². The maximum Gasteiger partial charge on any atom is 0.337 e. The number of methoxy groups -OCH3 is 1. The molecule has 0 unspecified atom stereocenters. The van der Waals surface area contributed by atoms with Gasteiger partial charge in [0.15, 0.2) is 0 Å². The van der Waals surface area contributed by atoms with Gasteiger partial charge in [-0.1, -0.05) is 12.1 Å². The van der Waals surface area contributed by atoms with Gasteiger partial charge in [-0.2, -0.15) is 0 Å². The number of amides is 2. The first kappa shape index (κ1) is 19.2. The maximum absolute atomic E-state index is 12.4. The molecule has 2 aromatic rings. The quantitative estimate of drug-likeness (QED) is 0.837. The van der Waals surface area contributed by atoms with E-state index in [1.165, 1.54) is 25.0 Å². The molecular weight excluding hydrogens is 332 g/mol. The minimum atomic E-state index is -0.485. The third-order valence-corrected chi connectivity index (χ3v) is 3.77. The van der Waals surface area contributed by atoms with Crippen molar-refractivity contribution in [3.05, 3.63) is 59.2 Å². The van der Waals surface area contributed by atoms with Crippen molar-refractivity contribution < 1.29 is 19.1 Å². The topological polar surface area (TPSA) is 75.7 Å². The van der Waals surface area contributed by atoms with Crippen LogP contribution in [0.2, 0.25) is 0 Å². The van der Waals surface area contributed by atoms with E-state index in [2.05, 4.69) is 10.1 Å². The van der Waals surface area contributed by atoms with E-state index in [1.54, 1.807) is 18.2 Å². The number of hydrogen-bond donors (Lipinski definition) is 1. The molecule has 0 atom stereocenters. The Labute approximate surface area is 152 Å². The summed E-state index contributed by atoms with van der Waals surface area (Å²) >= 11 is 0. The predicted molar refractivity (Wildman–Crippen MR) is 100 cm³/mol. The maximum atomic E-state index is 12.4. The molecule has 1 N–H and O–H groups in total. The number of carbonyl (C=O) groups is 3. The van der Waals surface area contributed by atoms with Gasteiger partial charge in [-0.15, -0.1) is 0 Å². The number of nitrogens with one attached hydrogen (secondary N) is 1. The molecule has 0 heterocycles. The van der Waals surface area contributed by atoms with Gasteiger partial charge in [-0.25, -0.2) is 4.79 Å². The molecule has 6 heteroatoms. The summed E-state index contributed by atoms with van der Waals surface area (Å²) in [6, 6.07) is 12.2. The third-order valence-electron chi connectivity index (χ3n) is 3.77. The fraction of sp³-hybridized carbons (Fsp3) is 0.250. The predicted octanol–water partition coefficient (Wildman–Crippen LogP) is 3.08. The highest BCUT2D eigenvalue weighted by Crippen LogP contribution is 2.19. The first-order valence-electron chi connectivity index (χ1n) is 8.15. The van der Waals surface area contributed by atoms with Gasteiger partial charge in [0, 0.05) is 18.3 Å². The summed E-state index contributed by atoms with van der Waals surface area (Å²) in [5.74, 6) is -1.07. The molecule has 0 saturated carbocycles. The zero-order chi connectivity index (χ0) is 19.3. The number of benzene rings is 2. The highest BCUT2D eigenvalue weighted by molar-refractivity contribution is 6.02. The molecule has 26 heavy (non-hydrogen) atoms. The van der Waals surface area contributed by atoms with E-state index in [9.17, 15) is 14.4 Å². The molecule has 0 aliphatic carbocycles. The van der Waals surface area contributed by atoms with Crippen molar-refractivity contribution in [1.29, 1.82) is 0 Å². The van der Waals surface area contributed by atoms with Crippen LogP contribution in [0.1, 0.15) is 28.4 Å². The van der Waals surface area contributed by atoms with Crippen LogP contribution in [0.3, 0.4) is 0 Å². The lowest BCUT2D eigenvalue weighted by Gasteiger charge is -2.22. The lowest BCUT2D eigenvalue weighted by molar-refractivity contribution is -0.120. The Hall–Kier alpha value is -3.15. The van der Waals surface area contributed by atoms with Crippen LogP contribution in [0, 0.1) is 13.8 Å². The normalized spacial score (nSPS) is 10.2. The van der Waals surface area contributed by atoms with Crippen LogP contribution in [0.5, 0.6) is 0 Å². The highest BCUT2D eigenvalue weighted by Gasteiger charge is 2.17. The standard InChI is InChI=1S/C20H22N2O4/c1-13-8-14(2)10-18(9-13)22(15(3)23)12-19(24)21-17-7-5-6-16(11-17)20(25)26-4/h5-11H,12H2,1-4H3,(H,21,24). The van der Waals surface area contributed by atoms with E-state index in [4.69, 9.17) is 0 Å². The van der Waals surface area contributed by atoms with Crippen molar-refractivity contribution in [2.75, 3.05) is 23.9 Å². The SMILES string of the molecule is COC(=O)c1cccc(NC(=O)CN(C(C)=O)c2cc(C)cc(C)c2)c1. The molecule has 0 radical (unpaired) electrons. The number of carbonyl (C=O) groups excluding carboxylic acids is 3. The molecule has 6 nitrogen and oxygen atoms in total. The van der Waals surface area contributed by atoms with Crippen LogP contribution in [0.4, 0.5) is 11.4 Å². The molecule has 0 aliphatic rings. The molecule has 0 spiro atoms. The van der Waals surface area contributed by atoms with Crippen molar-refractivity contribution in [2.45, 2.75) is 20.8 Å². The number of esters is 1. The minimum Gasteiger partial charge on any atom is -0.465 e. The zero-order valence-corrected chi connectivity index (χ0v) is 15.3. The van der Waals surface area contributed by atoms with Gasteiger partial charge < -0.3 is 15.0 Å². The molecular formula is C20H22N2O4. The lowest BCUT2D eigenvalue weighted by Crippen LogP contribution is -2.36. The number of nitrogens with zero attached hydrogens (tertiary/aromatic N) is 1. The summed E-state index contributed by atoms with van der Waals surface area (Å²) < 4.78 is 4.67. The second kappa shape index (κ2) is 8.29. The first-order chi connectivity index (χ1) is 12.3. The first-order valence-corrected chi connectivity index (χ1v) is 8.15.